The molecule has 546 valence electrons. The van der Waals surface area contributed by atoms with E-state index in [0.29, 0.717) is 38.5 Å². The number of ether oxygens (including phenoxy) is 1. The number of hydrogen-bond donors (Lipinski definition) is 17. The number of aliphatic imine (C=N–C) groups is 2. The molecule has 0 spiro atoms. The molecule has 22 N–H and O–H groups in total. The van der Waals surface area contributed by atoms with E-state index in [4.69, 9.17) is 38.8 Å². The highest BCUT2D eigenvalue weighted by molar-refractivity contribution is 6.00. The molecule has 0 saturated carbocycles. The number of cyclic esters (lactones) is 1. The molecule has 0 bridgehead atoms. The van der Waals surface area contributed by atoms with E-state index in [9.17, 15) is 57.8 Å². The lowest BCUT2D eigenvalue weighted by molar-refractivity contribution is -0.157. The number of nitrogens with two attached hydrogens (primary N) is 5. The van der Waals surface area contributed by atoms with Gasteiger partial charge in [0, 0.05) is 31.8 Å². The third-order valence-electron chi connectivity index (χ3n) is 17.8. The largest absolute Gasteiger partial charge is 0.458 e. The number of amidine groups is 1. The number of nitrogens with one attached hydrogen (secondary N) is 11. The van der Waals surface area contributed by atoms with Gasteiger partial charge in [-0.05, 0) is 94.6 Å². The van der Waals surface area contributed by atoms with E-state index in [2.05, 4.69) is 63.2 Å². The zero-order valence-corrected chi connectivity index (χ0v) is 58.7. The molecular formula is C66H114N18O13. The summed E-state index contributed by atoms with van der Waals surface area (Å²) in [5.74, 6) is -12.5. The smallest absolute Gasteiger partial charge is 0.329 e. The number of carbonyl (C=O) groups excluding carboxylic acids is 11. The molecule has 1 aromatic rings. The molecule has 0 aliphatic carbocycles. The van der Waals surface area contributed by atoms with Crippen molar-refractivity contribution in [3.63, 3.8) is 0 Å². The summed E-state index contributed by atoms with van der Waals surface area (Å²) in [6.45, 7) is 16.2. The summed E-state index contributed by atoms with van der Waals surface area (Å²) in [5, 5.41) is 46.0. The minimum Gasteiger partial charge on any atom is -0.458 e. The van der Waals surface area contributed by atoms with Crippen molar-refractivity contribution in [1.82, 2.24) is 53.2 Å². The van der Waals surface area contributed by atoms with E-state index < -0.39 is 174 Å². The first-order valence-corrected chi connectivity index (χ1v) is 34.1. The number of benzene rings is 1. The van der Waals surface area contributed by atoms with Gasteiger partial charge in [0.05, 0.1) is 18.5 Å². The molecule has 1 fully saturated rings. The van der Waals surface area contributed by atoms with Crippen molar-refractivity contribution in [2.75, 3.05) is 26.7 Å². The lowest BCUT2D eigenvalue weighted by atomic mass is 9.91. The van der Waals surface area contributed by atoms with E-state index in [1.807, 2.05) is 37.3 Å². The second-order valence-electron chi connectivity index (χ2n) is 25.4. The molecule has 0 radical (unpaired) electrons. The second kappa shape index (κ2) is 44.4. The molecule has 0 aromatic heterocycles. The van der Waals surface area contributed by atoms with E-state index in [1.165, 1.54) is 6.92 Å². The van der Waals surface area contributed by atoms with Crippen LogP contribution in [-0.2, 0) is 63.9 Å². The first kappa shape index (κ1) is 84.6. The molecule has 31 nitrogen and oxygen atoms in total. The Labute approximate surface area is 571 Å². The van der Waals surface area contributed by atoms with Gasteiger partial charge in [-0.15, -0.1) is 0 Å². The van der Waals surface area contributed by atoms with Crippen molar-refractivity contribution in [2.24, 2.45) is 68.2 Å². The Morgan fingerprint density at radius 2 is 1.09 bits per heavy atom. The highest BCUT2D eigenvalue weighted by atomic mass is 16.5. The maximum atomic E-state index is 14.7. The standard InChI is InChI=1S/C66H114N18O13/c1-12-24-43-57(89)83-53(39(9)16-5)64(96)97-40(10)54(48(86)34-42(55(87)76-43)27-22-31-74-65(69)70)84-60(92)47(35-85)79-62(94)51(37(7)14-3)82-63(95)52(38(8)15-4)80-58(90)44(28-20-21-30-49(67)68)77-56(88)45(29-23-32-75-66(71)72)78-61(93)50(36(6)13-2)81-59(91)46(73-11)33-41-25-18-17-19-26-41/h17-19,25-26,36-40,42-47,50-54,73,85H,12-16,20-24,27-35H2,1-11H3,(H3,67,68)(H,76,87)(H,77,88)(H,78,93)(H,79,94)(H,80,90)(H,81,91)(H,82,95)(H,83,89)(H,84,92)(H4,69,70,74)(H4,71,72,75)/t36-,37-,38+,39-,40-,42+,43-,44+,45-,46+,47-,50-,51-,52+,53-,54+/m0/s1. The van der Waals surface area contributed by atoms with Gasteiger partial charge in [-0.25, -0.2) is 4.79 Å². The van der Waals surface area contributed by atoms with Crippen LogP contribution in [0.15, 0.2) is 40.3 Å². The Balaban J connectivity index is 2.59. The third kappa shape index (κ3) is 29.4. The summed E-state index contributed by atoms with van der Waals surface area (Å²) in [6, 6.07) is -3.81. The van der Waals surface area contributed by atoms with Crippen LogP contribution in [0.2, 0.25) is 0 Å². The fourth-order valence-electron chi connectivity index (χ4n) is 10.8. The monoisotopic (exact) mass is 1370 g/mol. The quantitative estimate of drug-likeness (QED) is 0.0166. The summed E-state index contributed by atoms with van der Waals surface area (Å²) >= 11 is 0. The number of hydrogen-bond acceptors (Lipinski definition) is 17. The van der Waals surface area contributed by atoms with Crippen molar-refractivity contribution in [3.8, 4) is 0 Å². The lowest BCUT2D eigenvalue weighted by Gasteiger charge is -2.31. The summed E-state index contributed by atoms with van der Waals surface area (Å²) in [4.78, 5) is 166. The number of likely N-dealkylation sites (N-methyl/N-ethyl adjacent to an activating group) is 1. The van der Waals surface area contributed by atoms with Gasteiger partial charge in [-0.3, -0.25) is 63.3 Å². The number of nitrogens with zero attached hydrogens (tertiary/aromatic N) is 2. The van der Waals surface area contributed by atoms with Crippen molar-refractivity contribution >= 4 is 82.7 Å². The van der Waals surface area contributed by atoms with Crippen LogP contribution in [0.5, 0.6) is 0 Å². The average Bonchev–Trinajstić information content (AvgIpc) is 1.89. The van der Waals surface area contributed by atoms with Crippen LogP contribution < -0.4 is 81.8 Å². The van der Waals surface area contributed by atoms with Crippen molar-refractivity contribution < 1.29 is 62.6 Å². The molecule has 1 aliphatic heterocycles. The molecule has 1 aromatic carbocycles. The fraction of sp³-hybridized carbons (Fsp3) is 0.697. The van der Waals surface area contributed by atoms with Crippen LogP contribution in [0.3, 0.4) is 0 Å². The molecule has 1 saturated heterocycles. The number of amides is 9. The lowest BCUT2D eigenvalue weighted by Crippen LogP contribution is -2.62. The zero-order valence-electron chi connectivity index (χ0n) is 58.7. The number of aliphatic hydroxyl groups excluding tert-OH is 1. The number of carbonyl (C=O) groups is 11. The number of ketones is 1. The minimum absolute atomic E-state index is 0.0320. The van der Waals surface area contributed by atoms with Gasteiger partial charge in [-0.2, -0.15) is 0 Å². The van der Waals surface area contributed by atoms with Crippen LogP contribution in [0, 0.1) is 35.0 Å². The molecular weight excluding hydrogens is 1250 g/mol. The normalized spacial score (nSPS) is 20.2. The summed E-state index contributed by atoms with van der Waals surface area (Å²) < 4.78 is 5.84. The van der Waals surface area contributed by atoms with Gasteiger partial charge < -0.3 is 91.7 Å². The van der Waals surface area contributed by atoms with Gasteiger partial charge in [0.25, 0.3) is 0 Å². The van der Waals surface area contributed by atoms with Gasteiger partial charge in [0.15, 0.2) is 17.7 Å². The minimum atomic E-state index is -1.80. The number of aliphatic hydroxyl groups is 1. The van der Waals surface area contributed by atoms with E-state index in [1.54, 1.807) is 62.4 Å². The highest BCUT2D eigenvalue weighted by Gasteiger charge is 2.41. The maximum Gasteiger partial charge on any atom is 0.329 e. The van der Waals surface area contributed by atoms with Gasteiger partial charge in [0.2, 0.25) is 53.2 Å². The Morgan fingerprint density at radius 3 is 1.59 bits per heavy atom. The Bertz CT molecular complexity index is 2800. The molecule has 2 rings (SSSR count). The predicted molar refractivity (Wildman–Crippen MR) is 369 cm³/mol. The SMILES string of the molecule is CCC[C@@H]1NC(=O)[C@H](CCCN=C(N)N)CC(=O)[C@H](NC(=O)[C@H](CO)NC(=O)[C@@H](NC(=O)[C@H](NC(=O)[C@@H](CCCCC(=N)N)NC(=O)[C@H](CCCN=C(N)N)NC(=O)[C@@H](NC(=O)[C@@H](Cc2ccccc2)NC)[C@@H](C)CC)[C@H](C)CC)[C@@H](C)CC)[C@H](C)OC(=O)[C@H]([C@@H](C)CC)NC1=O. The molecule has 1 aliphatic rings. The van der Waals surface area contributed by atoms with Crippen molar-refractivity contribution in [3.05, 3.63) is 35.9 Å². The van der Waals surface area contributed by atoms with Crippen LogP contribution >= 0.6 is 0 Å². The topological polar surface area (TPSA) is 516 Å². The molecule has 16 atom stereocenters. The number of guanidine groups is 2. The highest BCUT2D eigenvalue weighted by Crippen LogP contribution is 2.21. The van der Waals surface area contributed by atoms with E-state index in [-0.39, 0.29) is 88.6 Å². The Kier molecular flexibility index (Phi) is 38.7. The summed E-state index contributed by atoms with van der Waals surface area (Å²) in [5.41, 5.74) is 28.8. The van der Waals surface area contributed by atoms with Gasteiger partial charge in [0.1, 0.15) is 60.5 Å². The Hall–Kier alpha value is -8.48. The third-order valence-corrected chi connectivity index (χ3v) is 17.8. The van der Waals surface area contributed by atoms with Gasteiger partial charge >= 0.3 is 5.97 Å². The average molecular weight is 1370 g/mol. The van der Waals surface area contributed by atoms with Crippen LogP contribution in [0.25, 0.3) is 0 Å². The first-order valence-electron chi connectivity index (χ1n) is 34.1. The summed E-state index contributed by atoms with van der Waals surface area (Å²) in [7, 11) is 1.63. The molecule has 0 unspecified atom stereocenters. The number of Topliss-reactive ketones (excluding diaryl/α,β-unsaturated/α-hetero) is 1. The number of esters is 1. The molecule has 1 heterocycles. The second-order valence-corrected chi connectivity index (χ2v) is 25.4. The van der Waals surface area contributed by atoms with E-state index in [0.717, 1.165) is 5.56 Å². The summed E-state index contributed by atoms with van der Waals surface area (Å²) in [6.07, 6.45) is 1.57. The van der Waals surface area contributed by atoms with Crippen LogP contribution in [0.1, 0.15) is 171 Å². The fourth-order valence-corrected chi connectivity index (χ4v) is 10.8. The number of unbranched alkanes of at least 4 members (excludes halogenated alkanes) is 1. The predicted octanol–water partition coefficient (Wildman–Crippen LogP) is -0.719. The van der Waals surface area contributed by atoms with Crippen LogP contribution in [0.4, 0.5) is 0 Å². The van der Waals surface area contributed by atoms with Gasteiger partial charge in [-0.1, -0.05) is 131 Å². The van der Waals surface area contributed by atoms with Crippen molar-refractivity contribution in [1.29, 1.82) is 5.41 Å². The molecule has 31 heteroatoms. The Morgan fingerprint density at radius 1 is 0.608 bits per heavy atom. The zero-order chi connectivity index (χ0) is 73.1. The molecule has 97 heavy (non-hydrogen) atoms. The first-order chi connectivity index (χ1) is 45.9. The number of rotatable bonds is 41. The van der Waals surface area contributed by atoms with E-state index >= 15 is 0 Å². The van der Waals surface area contributed by atoms with Crippen LogP contribution in [-0.4, -0.2) is 181 Å². The maximum absolute atomic E-state index is 14.7. The van der Waals surface area contributed by atoms with Crippen molar-refractivity contribution in [2.45, 2.75) is 238 Å². The molecule has 9 amide bonds.